The smallest absolute Gasteiger partial charge is 0.137 e. The Bertz CT molecular complexity index is 1010. The molecule has 1 fully saturated rings. The summed E-state index contributed by atoms with van der Waals surface area (Å²) in [4.78, 5) is 2.27. The Balaban J connectivity index is 1.83. The van der Waals surface area contributed by atoms with Gasteiger partial charge in [-0.15, -0.1) is 0 Å². The summed E-state index contributed by atoms with van der Waals surface area (Å²) in [7, 11) is 3.74. The minimum Gasteiger partial charge on any atom is -0.497 e. The van der Waals surface area contributed by atoms with Crippen LogP contribution in [-0.4, -0.2) is 50.2 Å². The Labute approximate surface area is 157 Å². The van der Waals surface area contributed by atoms with Gasteiger partial charge in [-0.05, 0) is 49.5 Å². The quantitative estimate of drug-likeness (QED) is 0.712. The van der Waals surface area contributed by atoms with E-state index in [0.29, 0.717) is 22.1 Å². The molecule has 1 aliphatic rings. The van der Waals surface area contributed by atoms with Crippen molar-refractivity contribution in [2.24, 2.45) is 5.10 Å². The van der Waals surface area contributed by atoms with E-state index in [1.54, 1.807) is 13.2 Å². The van der Waals surface area contributed by atoms with Crippen molar-refractivity contribution in [2.45, 2.75) is 0 Å². The monoisotopic (exact) mass is 367 g/mol. The maximum absolute atomic E-state index is 13.8. The van der Waals surface area contributed by atoms with Gasteiger partial charge in [-0.25, -0.2) is 4.39 Å². The second kappa shape index (κ2) is 7.40. The molecule has 0 saturated carbocycles. The minimum atomic E-state index is -0.301. The molecule has 6 heteroatoms. The number of hydrogen-bond donors (Lipinski definition) is 0. The van der Waals surface area contributed by atoms with Crippen LogP contribution in [0.4, 0.5) is 4.39 Å². The topological polar surface area (TPSA) is 41.2 Å². The van der Waals surface area contributed by atoms with Gasteiger partial charge in [-0.2, -0.15) is 5.10 Å². The summed E-state index contributed by atoms with van der Waals surface area (Å²) in [5, 5.41) is 8.22. The molecule has 5 nitrogen and oxygen atoms in total. The van der Waals surface area contributed by atoms with Crippen LogP contribution in [0.1, 0.15) is 0 Å². The second-order valence-corrected chi connectivity index (χ2v) is 6.72. The summed E-state index contributed by atoms with van der Waals surface area (Å²) >= 11 is 0. The molecule has 0 unspecified atom stereocenters. The van der Waals surface area contributed by atoms with Gasteiger partial charge in [0.25, 0.3) is 0 Å². The van der Waals surface area contributed by atoms with Gasteiger partial charge in [0.1, 0.15) is 22.9 Å². The minimum absolute atomic E-state index is 0.301. The highest BCUT2D eigenvalue weighted by Gasteiger charge is 2.13. The molecule has 4 rings (SSSR count). The van der Waals surface area contributed by atoms with Crippen LogP contribution >= 0.6 is 0 Å². The number of fused-ring (bicyclic) bond motifs is 1. The van der Waals surface area contributed by atoms with Gasteiger partial charge in [0, 0.05) is 43.2 Å². The van der Waals surface area contributed by atoms with Crippen molar-refractivity contribution in [3.05, 3.63) is 59.7 Å². The highest BCUT2D eigenvalue weighted by atomic mass is 19.1. The average Bonchev–Trinajstić information content (AvgIpc) is 2.70. The zero-order valence-corrected chi connectivity index (χ0v) is 15.5. The van der Waals surface area contributed by atoms with E-state index >= 15 is 0 Å². The number of benzene rings is 2. The number of methoxy groups -OCH3 is 1. The van der Waals surface area contributed by atoms with E-state index < -0.39 is 0 Å². The van der Waals surface area contributed by atoms with Crippen LogP contribution in [0.15, 0.2) is 58.0 Å². The Morgan fingerprint density at radius 2 is 1.74 bits per heavy atom. The number of nitrogens with zero attached hydrogens (tertiary/aromatic N) is 3. The van der Waals surface area contributed by atoms with Crippen molar-refractivity contribution < 1.29 is 13.5 Å². The van der Waals surface area contributed by atoms with Crippen LogP contribution in [0, 0.1) is 5.82 Å². The predicted molar refractivity (Wildman–Crippen MR) is 103 cm³/mol. The summed E-state index contributed by atoms with van der Waals surface area (Å²) in [6.07, 6.45) is 0. The van der Waals surface area contributed by atoms with Crippen LogP contribution < -0.4 is 10.1 Å². The number of ether oxygens (including phenoxy) is 1. The van der Waals surface area contributed by atoms with Crippen molar-refractivity contribution in [1.82, 2.24) is 9.91 Å². The molecule has 3 aromatic rings. The average molecular weight is 367 g/mol. The Morgan fingerprint density at radius 1 is 1.00 bits per heavy atom. The molecule has 0 bridgehead atoms. The molecule has 1 aliphatic heterocycles. The number of rotatable bonds is 3. The normalized spacial score (nSPS) is 16.1. The fourth-order valence-corrected chi connectivity index (χ4v) is 3.17. The van der Waals surface area contributed by atoms with Gasteiger partial charge in [0.2, 0.25) is 0 Å². The standard InChI is InChI=1S/C21H22FN3O2/c1-24-9-11-25(12-10-24)23-19-14-21(15-3-6-17(26-2)7-4-15)27-20-8-5-16(22)13-18(19)20/h3-8,13-14H,9-12H2,1-2H3. The largest absolute Gasteiger partial charge is 0.497 e. The SMILES string of the molecule is COc1ccc(-c2cc(=NN3CCN(C)CC3)c3cc(F)ccc3o2)cc1. The fraction of sp³-hybridized carbons (Fsp3) is 0.286. The number of likely N-dealkylation sites (N-methyl/N-ethyl adjacent to an activating group) is 1. The highest BCUT2D eigenvalue weighted by molar-refractivity contribution is 5.78. The van der Waals surface area contributed by atoms with Gasteiger partial charge >= 0.3 is 0 Å². The lowest BCUT2D eigenvalue weighted by atomic mass is 10.1. The zero-order chi connectivity index (χ0) is 18.8. The second-order valence-electron chi connectivity index (χ2n) is 6.72. The maximum Gasteiger partial charge on any atom is 0.137 e. The molecule has 1 saturated heterocycles. The van der Waals surface area contributed by atoms with E-state index in [0.717, 1.165) is 37.5 Å². The van der Waals surface area contributed by atoms with E-state index in [1.807, 2.05) is 35.3 Å². The van der Waals surface area contributed by atoms with Gasteiger partial charge in [-0.3, -0.25) is 5.01 Å². The summed E-state index contributed by atoms with van der Waals surface area (Å²) in [5.74, 6) is 1.17. The maximum atomic E-state index is 13.8. The van der Waals surface area contributed by atoms with Gasteiger partial charge in [0.15, 0.2) is 0 Å². The van der Waals surface area contributed by atoms with Crippen molar-refractivity contribution in [1.29, 1.82) is 0 Å². The summed E-state index contributed by atoms with van der Waals surface area (Å²) in [6.45, 7) is 3.60. The van der Waals surface area contributed by atoms with Crippen LogP contribution in [0.5, 0.6) is 5.75 Å². The van der Waals surface area contributed by atoms with Crippen LogP contribution in [-0.2, 0) is 0 Å². The molecule has 0 amide bonds. The first-order chi connectivity index (χ1) is 13.1. The van der Waals surface area contributed by atoms with E-state index in [9.17, 15) is 4.39 Å². The van der Waals surface area contributed by atoms with E-state index in [4.69, 9.17) is 14.3 Å². The third-order valence-corrected chi connectivity index (χ3v) is 4.81. The van der Waals surface area contributed by atoms with Gasteiger partial charge in [-0.1, -0.05) is 0 Å². The van der Waals surface area contributed by atoms with E-state index in [1.165, 1.54) is 12.1 Å². The van der Waals surface area contributed by atoms with E-state index in [2.05, 4.69) is 11.9 Å². The lowest BCUT2D eigenvalue weighted by Crippen LogP contribution is -2.42. The Kier molecular flexibility index (Phi) is 4.81. The summed E-state index contributed by atoms with van der Waals surface area (Å²) in [6, 6.07) is 14.1. The Hall–Kier alpha value is -2.86. The summed E-state index contributed by atoms with van der Waals surface area (Å²) < 4.78 is 25.1. The molecule has 2 aromatic carbocycles. The van der Waals surface area contributed by atoms with Crippen molar-refractivity contribution >= 4 is 11.0 Å². The summed E-state index contributed by atoms with van der Waals surface area (Å²) in [5.41, 5.74) is 1.52. The first kappa shape index (κ1) is 17.5. The number of hydrogen-bond acceptors (Lipinski definition) is 5. The van der Waals surface area contributed by atoms with Crippen LogP contribution in [0.3, 0.4) is 0 Å². The molecular formula is C21H22FN3O2. The van der Waals surface area contributed by atoms with E-state index in [-0.39, 0.29) is 5.82 Å². The fourth-order valence-electron chi connectivity index (χ4n) is 3.17. The first-order valence-electron chi connectivity index (χ1n) is 8.98. The molecule has 0 aliphatic carbocycles. The molecule has 2 heterocycles. The van der Waals surface area contributed by atoms with Crippen LogP contribution in [0.25, 0.3) is 22.3 Å². The molecule has 140 valence electrons. The van der Waals surface area contributed by atoms with Gasteiger partial charge in [0.05, 0.1) is 12.5 Å². The zero-order valence-electron chi connectivity index (χ0n) is 15.5. The third kappa shape index (κ3) is 3.80. The van der Waals surface area contributed by atoms with Crippen molar-refractivity contribution in [3.63, 3.8) is 0 Å². The first-order valence-corrected chi connectivity index (χ1v) is 8.98. The Morgan fingerprint density at radius 3 is 2.44 bits per heavy atom. The molecule has 0 atom stereocenters. The lowest BCUT2D eigenvalue weighted by molar-refractivity contribution is 0.154. The molecule has 0 spiro atoms. The van der Waals surface area contributed by atoms with Crippen molar-refractivity contribution in [2.75, 3.05) is 40.3 Å². The predicted octanol–water partition coefficient (Wildman–Crippen LogP) is 3.31. The molecule has 27 heavy (non-hydrogen) atoms. The van der Waals surface area contributed by atoms with Gasteiger partial charge < -0.3 is 14.1 Å². The molecule has 0 N–H and O–H groups in total. The highest BCUT2D eigenvalue weighted by Crippen LogP contribution is 2.24. The third-order valence-electron chi connectivity index (χ3n) is 4.81. The molecular weight excluding hydrogens is 345 g/mol. The van der Waals surface area contributed by atoms with Crippen LogP contribution in [0.2, 0.25) is 0 Å². The number of piperazine rings is 1. The molecule has 1 aromatic heterocycles. The lowest BCUT2D eigenvalue weighted by Gasteiger charge is -2.30. The number of halogens is 1. The van der Waals surface area contributed by atoms with Crippen molar-refractivity contribution in [3.8, 4) is 17.1 Å². The molecule has 0 radical (unpaired) electrons.